The second-order valence-electron chi connectivity index (χ2n) is 4.33. The number of ether oxygens (including phenoxy) is 1. The quantitative estimate of drug-likeness (QED) is 0.663. The average molecular weight is 242 g/mol. The molecule has 1 aliphatic heterocycles. The fourth-order valence-corrected chi connectivity index (χ4v) is 1.98. The molecule has 2 N–H and O–H groups in total. The van der Waals surface area contributed by atoms with E-state index in [2.05, 4.69) is 10.6 Å². The maximum atomic E-state index is 11.5. The number of hydrogen-bond acceptors (Lipinski definition) is 4. The lowest BCUT2D eigenvalue weighted by Crippen LogP contribution is -2.33. The van der Waals surface area contributed by atoms with Crippen molar-refractivity contribution in [3.05, 3.63) is 0 Å². The maximum Gasteiger partial charge on any atom is 0.325 e. The molecule has 0 bridgehead atoms. The Kier molecular flexibility index (Phi) is 6.62. The number of esters is 1. The molecule has 0 radical (unpaired) electrons. The predicted octanol–water partition coefficient (Wildman–Crippen LogP) is 0.445. The van der Waals surface area contributed by atoms with E-state index in [0.717, 1.165) is 19.5 Å². The molecule has 5 heteroatoms. The van der Waals surface area contributed by atoms with Gasteiger partial charge in [0.15, 0.2) is 0 Å². The third kappa shape index (κ3) is 6.26. The molecule has 1 heterocycles. The van der Waals surface area contributed by atoms with Crippen molar-refractivity contribution in [3.8, 4) is 0 Å². The topological polar surface area (TPSA) is 67.4 Å². The summed E-state index contributed by atoms with van der Waals surface area (Å²) < 4.78 is 4.72. The first-order valence-corrected chi connectivity index (χ1v) is 6.35. The highest BCUT2D eigenvalue weighted by molar-refractivity contribution is 5.81. The number of carbonyl (C=O) groups is 2. The van der Waals surface area contributed by atoms with Crippen molar-refractivity contribution in [2.45, 2.75) is 32.6 Å². The van der Waals surface area contributed by atoms with Gasteiger partial charge in [0.1, 0.15) is 6.54 Å². The van der Waals surface area contributed by atoms with Crippen LogP contribution in [0.25, 0.3) is 0 Å². The Morgan fingerprint density at radius 3 is 2.94 bits per heavy atom. The molecule has 1 rings (SSSR count). The van der Waals surface area contributed by atoms with E-state index in [1.54, 1.807) is 6.92 Å². The van der Waals surface area contributed by atoms with Gasteiger partial charge in [0.25, 0.3) is 0 Å². The molecule has 0 aromatic heterocycles. The van der Waals surface area contributed by atoms with Crippen LogP contribution < -0.4 is 10.6 Å². The van der Waals surface area contributed by atoms with Gasteiger partial charge in [-0.15, -0.1) is 0 Å². The van der Waals surface area contributed by atoms with Crippen molar-refractivity contribution in [1.29, 1.82) is 0 Å². The summed E-state index contributed by atoms with van der Waals surface area (Å²) in [4.78, 5) is 22.5. The lowest BCUT2D eigenvalue weighted by Gasteiger charge is -2.22. The van der Waals surface area contributed by atoms with E-state index in [0.29, 0.717) is 18.9 Å². The van der Waals surface area contributed by atoms with E-state index in [9.17, 15) is 9.59 Å². The number of hydrogen-bond donors (Lipinski definition) is 2. The Labute approximate surface area is 102 Å². The summed E-state index contributed by atoms with van der Waals surface area (Å²) in [6, 6.07) is 0. The fraction of sp³-hybridized carbons (Fsp3) is 0.833. The van der Waals surface area contributed by atoms with Crippen LogP contribution in [0.2, 0.25) is 0 Å². The summed E-state index contributed by atoms with van der Waals surface area (Å²) in [7, 11) is 0. The van der Waals surface area contributed by atoms with Crippen LogP contribution in [0.15, 0.2) is 0 Å². The highest BCUT2D eigenvalue weighted by atomic mass is 16.5. The van der Waals surface area contributed by atoms with Crippen LogP contribution in [0.5, 0.6) is 0 Å². The summed E-state index contributed by atoms with van der Waals surface area (Å²) in [6.07, 6.45) is 3.76. The third-order valence-corrected chi connectivity index (χ3v) is 2.91. The van der Waals surface area contributed by atoms with Crippen LogP contribution >= 0.6 is 0 Å². The summed E-state index contributed by atoms with van der Waals surface area (Å²) >= 11 is 0. The first kappa shape index (κ1) is 14.0. The van der Waals surface area contributed by atoms with E-state index >= 15 is 0 Å². The van der Waals surface area contributed by atoms with Gasteiger partial charge in [-0.3, -0.25) is 9.59 Å². The second kappa shape index (κ2) is 8.06. The van der Waals surface area contributed by atoms with E-state index in [1.165, 1.54) is 12.8 Å². The summed E-state index contributed by atoms with van der Waals surface area (Å²) in [5, 5.41) is 5.89. The molecule has 17 heavy (non-hydrogen) atoms. The molecule has 1 amide bonds. The van der Waals surface area contributed by atoms with Crippen LogP contribution in [0.4, 0.5) is 0 Å². The van der Waals surface area contributed by atoms with Crippen molar-refractivity contribution in [2.75, 3.05) is 26.2 Å². The van der Waals surface area contributed by atoms with E-state index in [1.807, 2.05) is 0 Å². The van der Waals surface area contributed by atoms with E-state index in [-0.39, 0.29) is 18.4 Å². The minimum absolute atomic E-state index is 0.0183. The molecule has 1 saturated heterocycles. The summed E-state index contributed by atoms with van der Waals surface area (Å²) in [5.41, 5.74) is 0. The normalized spacial score (nSPS) is 19.7. The second-order valence-corrected chi connectivity index (χ2v) is 4.33. The van der Waals surface area contributed by atoms with Crippen molar-refractivity contribution in [2.24, 2.45) is 5.92 Å². The molecule has 1 unspecified atom stereocenters. The zero-order valence-corrected chi connectivity index (χ0v) is 10.5. The number of nitrogens with one attached hydrogen (secondary N) is 2. The van der Waals surface area contributed by atoms with Crippen LogP contribution in [0.3, 0.4) is 0 Å². The Balaban J connectivity index is 2.06. The van der Waals surface area contributed by atoms with Crippen molar-refractivity contribution in [3.63, 3.8) is 0 Å². The van der Waals surface area contributed by atoms with Gasteiger partial charge >= 0.3 is 5.97 Å². The fourth-order valence-electron chi connectivity index (χ4n) is 1.98. The molecule has 1 fully saturated rings. The molecule has 1 atom stereocenters. The molecule has 98 valence electrons. The minimum Gasteiger partial charge on any atom is -0.465 e. The highest BCUT2D eigenvalue weighted by Crippen LogP contribution is 2.15. The first-order valence-electron chi connectivity index (χ1n) is 6.35. The van der Waals surface area contributed by atoms with Crippen LogP contribution in [-0.4, -0.2) is 38.1 Å². The van der Waals surface area contributed by atoms with Gasteiger partial charge in [-0.1, -0.05) is 0 Å². The lowest BCUT2D eigenvalue weighted by atomic mass is 9.94. The number of amides is 1. The SMILES string of the molecule is CCOC(=O)CNC(=O)CCC1CCCNC1. The monoisotopic (exact) mass is 242 g/mol. The summed E-state index contributed by atoms with van der Waals surface area (Å²) in [6.45, 7) is 4.17. The van der Waals surface area contributed by atoms with Gasteiger partial charge in [-0.05, 0) is 45.2 Å². The Bertz CT molecular complexity index is 250. The van der Waals surface area contributed by atoms with Gasteiger partial charge in [0.05, 0.1) is 6.61 Å². The number of rotatable bonds is 6. The van der Waals surface area contributed by atoms with Gasteiger partial charge in [-0.2, -0.15) is 0 Å². The maximum absolute atomic E-state index is 11.5. The predicted molar refractivity (Wildman–Crippen MR) is 64.5 cm³/mol. The lowest BCUT2D eigenvalue weighted by molar-refractivity contribution is -0.143. The van der Waals surface area contributed by atoms with Crippen molar-refractivity contribution in [1.82, 2.24) is 10.6 Å². The van der Waals surface area contributed by atoms with E-state index in [4.69, 9.17) is 4.74 Å². The number of piperidine rings is 1. The average Bonchev–Trinajstić information content (AvgIpc) is 2.35. The highest BCUT2D eigenvalue weighted by Gasteiger charge is 2.14. The molecular formula is C12H22N2O3. The molecule has 0 aromatic rings. The van der Waals surface area contributed by atoms with Gasteiger partial charge in [0.2, 0.25) is 5.91 Å². The van der Waals surface area contributed by atoms with Crippen molar-refractivity contribution >= 4 is 11.9 Å². The smallest absolute Gasteiger partial charge is 0.325 e. The van der Waals surface area contributed by atoms with Crippen LogP contribution in [0, 0.1) is 5.92 Å². The molecule has 5 nitrogen and oxygen atoms in total. The molecule has 0 saturated carbocycles. The van der Waals surface area contributed by atoms with E-state index < -0.39 is 0 Å². The van der Waals surface area contributed by atoms with Gasteiger partial charge < -0.3 is 15.4 Å². The Hall–Kier alpha value is -1.10. The minimum atomic E-state index is -0.375. The summed E-state index contributed by atoms with van der Waals surface area (Å²) in [5.74, 6) is 0.154. The largest absolute Gasteiger partial charge is 0.465 e. The molecular weight excluding hydrogens is 220 g/mol. The zero-order chi connectivity index (χ0) is 12.5. The molecule has 0 aliphatic carbocycles. The van der Waals surface area contributed by atoms with Gasteiger partial charge in [0, 0.05) is 6.42 Å². The first-order chi connectivity index (χ1) is 8.22. The molecule has 0 aromatic carbocycles. The zero-order valence-electron chi connectivity index (χ0n) is 10.5. The Morgan fingerprint density at radius 2 is 2.29 bits per heavy atom. The van der Waals surface area contributed by atoms with Crippen LogP contribution in [-0.2, 0) is 14.3 Å². The molecule has 1 aliphatic rings. The van der Waals surface area contributed by atoms with Gasteiger partial charge in [-0.25, -0.2) is 0 Å². The van der Waals surface area contributed by atoms with Crippen LogP contribution in [0.1, 0.15) is 32.6 Å². The third-order valence-electron chi connectivity index (χ3n) is 2.91. The number of carbonyl (C=O) groups excluding carboxylic acids is 2. The Morgan fingerprint density at radius 1 is 1.47 bits per heavy atom. The van der Waals surface area contributed by atoms with Crippen molar-refractivity contribution < 1.29 is 14.3 Å². The standard InChI is InChI=1S/C12H22N2O3/c1-2-17-12(16)9-14-11(15)6-5-10-4-3-7-13-8-10/h10,13H,2-9H2,1H3,(H,14,15). The molecule has 0 spiro atoms.